The van der Waals surface area contributed by atoms with Gasteiger partial charge in [-0.3, -0.25) is 10.1 Å². The van der Waals surface area contributed by atoms with Crippen LogP contribution in [0.5, 0.6) is 0 Å². The van der Waals surface area contributed by atoms with Crippen LogP contribution in [0, 0.1) is 10.1 Å². The van der Waals surface area contributed by atoms with Crippen LogP contribution >= 0.6 is 0 Å². The van der Waals surface area contributed by atoms with Crippen molar-refractivity contribution >= 4 is 17.3 Å². The topological polar surface area (TPSA) is 111 Å². The van der Waals surface area contributed by atoms with Crippen molar-refractivity contribution in [2.75, 3.05) is 17.2 Å². The summed E-state index contributed by atoms with van der Waals surface area (Å²) in [6.07, 6.45) is 7.43. The van der Waals surface area contributed by atoms with Crippen LogP contribution < -0.4 is 10.6 Å². The zero-order chi connectivity index (χ0) is 16.9. The third-order valence-corrected chi connectivity index (χ3v) is 2.94. The Kier molecular flexibility index (Phi) is 5.09. The molecule has 0 fully saturated rings. The zero-order valence-corrected chi connectivity index (χ0v) is 13.5. The molecule has 0 aliphatic carbocycles. The summed E-state index contributed by atoms with van der Waals surface area (Å²) in [6, 6.07) is 0. The third kappa shape index (κ3) is 4.90. The number of hydrogen-bond acceptors (Lipinski definition) is 7. The van der Waals surface area contributed by atoms with Gasteiger partial charge in [0.15, 0.2) is 0 Å². The molecule has 0 atom stereocenters. The van der Waals surface area contributed by atoms with Crippen LogP contribution in [0.2, 0.25) is 0 Å². The summed E-state index contributed by atoms with van der Waals surface area (Å²) in [5, 5.41) is 17.4. The number of nitrogens with one attached hydrogen (secondary N) is 2. The first kappa shape index (κ1) is 16.7. The summed E-state index contributed by atoms with van der Waals surface area (Å²) >= 11 is 0. The molecule has 9 nitrogen and oxygen atoms in total. The van der Waals surface area contributed by atoms with Crippen molar-refractivity contribution < 1.29 is 4.92 Å². The second-order valence-electron chi connectivity index (χ2n) is 6.13. The Morgan fingerprint density at radius 2 is 2.04 bits per heavy atom. The second-order valence-corrected chi connectivity index (χ2v) is 6.13. The lowest BCUT2D eigenvalue weighted by Gasteiger charge is -2.21. The molecular weight excluding hydrogens is 298 g/mol. The van der Waals surface area contributed by atoms with Crippen molar-refractivity contribution in [2.24, 2.45) is 0 Å². The number of aromatic nitrogens is 4. The van der Waals surface area contributed by atoms with Crippen LogP contribution in [0.4, 0.5) is 17.3 Å². The molecule has 0 saturated heterocycles. The summed E-state index contributed by atoms with van der Waals surface area (Å²) in [6.45, 7) is 7.08. The molecule has 0 spiro atoms. The highest BCUT2D eigenvalue weighted by molar-refractivity contribution is 5.69. The predicted octanol–water partition coefficient (Wildman–Crippen LogP) is 2.29. The van der Waals surface area contributed by atoms with Gasteiger partial charge in [0, 0.05) is 31.0 Å². The van der Waals surface area contributed by atoms with Crippen molar-refractivity contribution in [2.45, 2.75) is 39.3 Å². The van der Waals surface area contributed by atoms with Crippen LogP contribution in [0.3, 0.4) is 0 Å². The van der Waals surface area contributed by atoms with Crippen LogP contribution in [0.15, 0.2) is 25.0 Å². The Morgan fingerprint density at radius 3 is 2.65 bits per heavy atom. The van der Waals surface area contributed by atoms with Gasteiger partial charge in [-0.25, -0.2) is 15.0 Å². The van der Waals surface area contributed by atoms with E-state index in [1.807, 2.05) is 31.5 Å². The zero-order valence-electron chi connectivity index (χ0n) is 13.5. The molecular formula is C14H21N7O2. The summed E-state index contributed by atoms with van der Waals surface area (Å²) in [5.41, 5.74) is -0.470. The first-order valence-electron chi connectivity index (χ1n) is 7.34. The van der Waals surface area contributed by atoms with E-state index in [1.54, 1.807) is 12.5 Å². The highest BCUT2D eigenvalue weighted by Gasteiger charge is 2.25. The molecule has 124 valence electrons. The van der Waals surface area contributed by atoms with Gasteiger partial charge in [-0.1, -0.05) is 0 Å². The fourth-order valence-corrected chi connectivity index (χ4v) is 2.02. The second kappa shape index (κ2) is 7.03. The average Bonchev–Trinajstić information content (AvgIpc) is 2.94. The lowest BCUT2D eigenvalue weighted by atomic mass is 10.1. The van der Waals surface area contributed by atoms with Crippen LogP contribution in [0.1, 0.15) is 27.2 Å². The Bertz CT molecular complexity index is 650. The number of anilines is 2. The number of nitrogens with zero attached hydrogens (tertiary/aromatic N) is 5. The van der Waals surface area contributed by atoms with E-state index in [-0.39, 0.29) is 22.9 Å². The molecule has 0 saturated carbocycles. The Labute approximate surface area is 134 Å². The van der Waals surface area contributed by atoms with E-state index >= 15 is 0 Å². The first-order valence-corrected chi connectivity index (χ1v) is 7.34. The average molecular weight is 319 g/mol. The van der Waals surface area contributed by atoms with Gasteiger partial charge >= 0.3 is 5.69 Å². The first-order chi connectivity index (χ1) is 10.9. The predicted molar refractivity (Wildman–Crippen MR) is 87.4 cm³/mol. The highest BCUT2D eigenvalue weighted by atomic mass is 16.6. The molecule has 0 aromatic carbocycles. The van der Waals surface area contributed by atoms with E-state index in [9.17, 15) is 10.1 Å². The monoisotopic (exact) mass is 319 g/mol. The number of rotatable bonds is 7. The van der Waals surface area contributed by atoms with Crippen molar-refractivity contribution in [1.29, 1.82) is 0 Å². The molecule has 2 heterocycles. The maximum Gasteiger partial charge on any atom is 0.353 e. The van der Waals surface area contributed by atoms with Crippen LogP contribution in [-0.4, -0.2) is 36.5 Å². The van der Waals surface area contributed by atoms with Gasteiger partial charge in [-0.05, 0) is 27.2 Å². The van der Waals surface area contributed by atoms with E-state index in [2.05, 4.69) is 25.6 Å². The summed E-state index contributed by atoms with van der Waals surface area (Å²) < 4.78 is 1.95. The smallest absolute Gasteiger partial charge is 0.353 e. The molecule has 0 unspecified atom stereocenters. The van der Waals surface area contributed by atoms with Gasteiger partial charge < -0.3 is 15.2 Å². The molecule has 9 heteroatoms. The van der Waals surface area contributed by atoms with Crippen LogP contribution in [-0.2, 0) is 6.54 Å². The molecule has 0 bridgehead atoms. The van der Waals surface area contributed by atoms with Gasteiger partial charge in [0.05, 0.1) is 11.3 Å². The quantitative estimate of drug-likeness (QED) is 0.457. The molecule has 0 radical (unpaired) electrons. The highest BCUT2D eigenvalue weighted by Crippen LogP contribution is 2.30. The Morgan fingerprint density at radius 1 is 1.30 bits per heavy atom. The molecule has 2 N–H and O–H groups in total. The van der Waals surface area contributed by atoms with Gasteiger partial charge in [0.2, 0.25) is 11.6 Å². The minimum Gasteiger partial charge on any atom is -0.364 e. The van der Waals surface area contributed by atoms with E-state index in [1.165, 1.54) is 6.33 Å². The molecule has 0 aliphatic rings. The largest absolute Gasteiger partial charge is 0.364 e. The maximum atomic E-state index is 11.4. The SMILES string of the molecule is CC(C)(C)Nc1ncnc(NCCCn2ccnc2)c1[N+](=O)[O-]. The molecule has 2 rings (SSSR count). The number of hydrogen-bond donors (Lipinski definition) is 2. The number of nitro groups is 1. The minimum absolute atomic E-state index is 0.134. The van der Waals surface area contributed by atoms with E-state index < -0.39 is 4.92 Å². The fraction of sp³-hybridized carbons (Fsp3) is 0.500. The van der Waals surface area contributed by atoms with Crippen molar-refractivity contribution in [3.63, 3.8) is 0 Å². The lowest BCUT2D eigenvalue weighted by molar-refractivity contribution is -0.383. The minimum atomic E-state index is -0.466. The number of imidazole rings is 1. The standard InChI is InChI=1S/C14H21N7O2/c1-14(2,3)19-13-11(21(22)23)12(17-9-18-13)16-5-4-7-20-8-6-15-10-20/h6,8-10H,4-5,7H2,1-3H3,(H2,16,17,18,19). The fourth-order valence-electron chi connectivity index (χ4n) is 2.02. The van der Waals surface area contributed by atoms with Crippen LogP contribution in [0.25, 0.3) is 0 Å². The molecule has 2 aromatic rings. The van der Waals surface area contributed by atoms with Gasteiger partial charge in [-0.15, -0.1) is 0 Å². The van der Waals surface area contributed by atoms with Gasteiger partial charge in [-0.2, -0.15) is 0 Å². The molecule has 2 aromatic heterocycles. The summed E-state index contributed by atoms with van der Waals surface area (Å²) in [5.74, 6) is 0.442. The Hall–Kier alpha value is -2.71. The summed E-state index contributed by atoms with van der Waals surface area (Å²) in [7, 11) is 0. The van der Waals surface area contributed by atoms with E-state index in [4.69, 9.17) is 0 Å². The van der Waals surface area contributed by atoms with Gasteiger partial charge in [0.1, 0.15) is 6.33 Å². The van der Waals surface area contributed by atoms with Gasteiger partial charge in [0.25, 0.3) is 0 Å². The van der Waals surface area contributed by atoms with E-state index in [0.29, 0.717) is 6.54 Å². The van der Waals surface area contributed by atoms with Crippen molar-refractivity contribution in [3.05, 3.63) is 35.2 Å². The normalized spacial score (nSPS) is 11.3. The van der Waals surface area contributed by atoms with E-state index in [0.717, 1.165) is 13.0 Å². The Balaban J connectivity index is 2.05. The van der Waals surface area contributed by atoms with Crippen molar-refractivity contribution in [1.82, 2.24) is 19.5 Å². The third-order valence-electron chi connectivity index (χ3n) is 2.94. The summed E-state index contributed by atoms with van der Waals surface area (Å²) in [4.78, 5) is 22.9. The van der Waals surface area contributed by atoms with Crippen molar-refractivity contribution in [3.8, 4) is 0 Å². The molecule has 23 heavy (non-hydrogen) atoms. The number of aryl methyl sites for hydroxylation is 1. The lowest BCUT2D eigenvalue weighted by Crippen LogP contribution is -2.27. The maximum absolute atomic E-state index is 11.4. The molecule has 0 aliphatic heterocycles. The molecule has 0 amide bonds.